The van der Waals surface area contributed by atoms with Crippen LogP contribution in [0.3, 0.4) is 0 Å². The third-order valence-electron chi connectivity index (χ3n) is 3.72. The summed E-state index contributed by atoms with van der Waals surface area (Å²) < 4.78 is 1.01. The number of benzene rings is 2. The van der Waals surface area contributed by atoms with Crippen molar-refractivity contribution in [2.24, 2.45) is 0 Å². The third-order valence-corrected chi connectivity index (χ3v) is 4.21. The molecule has 3 heteroatoms. The van der Waals surface area contributed by atoms with Crippen molar-refractivity contribution in [2.75, 3.05) is 4.90 Å². The topological polar surface area (TPSA) is 20.3 Å². The number of halogens is 1. The predicted molar refractivity (Wildman–Crippen MR) is 84.9 cm³/mol. The van der Waals surface area contributed by atoms with Gasteiger partial charge in [-0.15, -0.1) is 0 Å². The Labute approximate surface area is 127 Å². The molecule has 1 aliphatic rings. The molecule has 2 nitrogen and oxygen atoms in total. The average molecular weight is 330 g/mol. The normalized spacial score (nSPS) is 17.1. The van der Waals surface area contributed by atoms with Gasteiger partial charge in [0.05, 0.1) is 6.42 Å². The van der Waals surface area contributed by atoms with Gasteiger partial charge < -0.3 is 4.90 Å². The van der Waals surface area contributed by atoms with Crippen LogP contribution in [0.4, 0.5) is 5.69 Å². The molecule has 102 valence electrons. The molecule has 0 aliphatic carbocycles. The number of para-hydroxylation sites is 1. The van der Waals surface area contributed by atoms with E-state index in [4.69, 9.17) is 0 Å². The smallest absolute Gasteiger partial charge is 0.231 e. The Kier molecular flexibility index (Phi) is 3.62. The first-order valence-corrected chi connectivity index (χ1v) is 7.59. The molecule has 2 aromatic carbocycles. The van der Waals surface area contributed by atoms with Crippen molar-refractivity contribution in [3.63, 3.8) is 0 Å². The Morgan fingerprint density at radius 1 is 1.25 bits per heavy atom. The first-order valence-electron chi connectivity index (χ1n) is 6.79. The van der Waals surface area contributed by atoms with Gasteiger partial charge in [-0.1, -0.05) is 46.3 Å². The van der Waals surface area contributed by atoms with E-state index in [1.807, 2.05) is 47.4 Å². The Balaban J connectivity index is 1.84. The molecule has 0 spiro atoms. The molecule has 2 aromatic rings. The Hall–Kier alpha value is -1.61. The Morgan fingerprint density at radius 3 is 2.85 bits per heavy atom. The molecule has 1 atom stereocenters. The van der Waals surface area contributed by atoms with Gasteiger partial charge in [0.2, 0.25) is 5.91 Å². The van der Waals surface area contributed by atoms with Crippen LogP contribution in [0, 0.1) is 0 Å². The quantitative estimate of drug-likeness (QED) is 0.816. The van der Waals surface area contributed by atoms with Gasteiger partial charge >= 0.3 is 0 Å². The lowest BCUT2D eigenvalue weighted by molar-refractivity contribution is -0.118. The molecule has 1 heterocycles. The van der Waals surface area contributed by atoms with Crippen LogP contribution in [0.15, 0.2) is 53.0 Å². The number of amides is 1. The summed E-state index contributed by atoms with van der Waals surface area (Å²) >= 11 is 3.45. The number of rotatable bonds is 2. The largest absolute Gasteiger partial charge is 0.309 e. The number of nitrogens with zero attached hydrogens (tertiary/aromatic N) is 1. The zero-order chi connectivity index (χ0) is 14.1. The average Bonchev–Trinajstić information content (AvgIpc) is 2.74. The highest BCUT2D eigenvalue weighted by atomic mass is 79.9. The summed E-state index contributed by atoms with van der Waals surface area (Å²) in [6, 6.07) is 16.4. The fourth-order valence-electron chi connectivity index (χ4n) is 2.85. The van der Waals surface area contributed by atoms with E-state index in [0.717, 1.165) is 22.1 Å². The second-order valence-electron chi connectivity index (χ2n) is 5.25. The number of anilines is 1. The lowest BCUT2D eigenvalue weighted by atomic mass is 10.1. The highest BCUT2D eigenvalue weighted by Gasteiger charge is 2.30. The van der Waals surface area contributed by atoms with E-state index in [-0.39, 0.29) is 11.9 Å². The van der Waals surface area contributed by atoms with E-state index in [1.54, 1.807) is 0 Å². The maximum Gasteiger partial charge on any atom is 0.231 e. The number of carbonyl (C=O) groups is 1. The standard InChI is InChI=1S/C17H16BrNO/c1-12-9-14-6-2-3-8-16(14)19(12)17(20)11-13-5-4-7-15(18)10-13/h2-8,10,12H,9,11H2,1H3/t12-/m1/s1. The molecule has 0 saturated heterocycles. The molecule has 0 fully saturated rings. The molecule has 0 radical (unpaired) electrons. The van der Waals surface area contributed by atoms with Crippen molar-refractivity contribution < 1.29 is 4.79 Å². The molecular weight excluding hydrogens is 314 g/mol. The van der Waals surface area contributed by atoms with Gasteiger partial charge in [0.15, 0.2) is 0 Å². The first kappa shape index (κ1) is 13.4. The zero-order valence-corrected chi connectivity index (χ0v) is 12.9. The Morgan fingerprint density at radius 2 is 2.05 bits per heavy atom. The van der Waals surface area contributed by atoms with Crippen LogP contribution >= 0.6 is 15.9 Å². The molecule has 20 heavy (non-hydrogen) atoms. The number of hydrogen-bond acceptors (Lipinski definition) is 1. The molecule has 3 rings (SSSR count). The molecule has 0 bridgehead atoms. The summed E-state index contributed by atoms with van der Waals surface area (Å²) in [5.41, 5.74) is 3.38. The van der Waals surface area contributed by atoms with Crippen LogP contribution in [0.25, 0.3) is 0 Å². The van der Waals surface area contributed by atoms with Gasteiger partial charge in [0.25, 0.3) is 0 Å². The lowest BCUT2D eigenvalue weighted by Gasteiger charge is -2.22. The number of hydrogen-bond donors (Lipinski definition) is 0. The van der Waals surface area contributed by atoms with Crippen LogP contribution in [0.2, 0.25) is 0 Å². The first-order chi connectivity index (χ1) is 9.65. The van der Waals surface area contributed by atoms with Crippen LogP contribution in [0.1, 0.15) is 18.1 Å². The summed E-state index contributed by atoms with van der Waals surface area (Å²) in [5.74, 6) is 0.167. The van der Waals surface area contributed by atoms with Gasteiger partial charge in [-0.05, 0) is 42.7 Å². The molecule has 0 unspecified atom stereocenters. The summed E-state index contributed by atoms with van der Waals surface area (Å²) in [7, 11) is 0. The van der Waals surface area contributed by atoms with E-state index in [0.29, 0.717) is 6.42 Å². The van der Waals surface area contributed by atoms with Gasteiger partial charge in [-0.25, -0.2) is 0 Å². The molecule has 1 amide bonds. The van der Waals surface area contributed by atoms with Crippen molar-refractivity contribution in [3.05, 3.63) is 64.1 Å². The maximum atomic E-state index is 12.6. The van der Waals surface area contributed by atoms with Crippen molar-refractivity contribution >= 4 is 27.5 Å². The molecule has 0 saturated carbocycles. The molecule has 0 aromatic heterocycles. The monoisotopic (exact) mass is 329 g/mol. The Bertz CT molecular complexity index is 653. The molecular formula is C17H16BrNO. The minimum atomic E-state index is 0.167. The number of fused-ring (bicyclic) bond motifs is 1. The van der Waals surface area contributed by atoms with Crippen LogP contribution in [-0.2, 0) is 17.6 Å². The molecule has 1 aliphatic heterocycles. The summed E-state index contributed by atoms with van der Waals surface area (Å²) in [4.78, 5) is 14.6. The number of carbonyl (C=O) groups excluding carboxylic acids is 1. The SMILES string of the molecule is C[C@@H]1Cc2ccccc2N1C(=O)Cc1cccc(Br)c1. The van der Waals surface area contributed by atoms with Gasteiger partial charge in [-0.2, -0.15) is 0 Å². The van der Waals surface area contributed by atoms with Crippen molar-refractivity contribution in [3.8, 4) is 0 Å². The van der Waals surface area contributed by atoms with E-state index < -0.39 is 0 Å². The minimum absolute atomic E-state index is 0.167. The van der Waals surface area contributed by atoms with Crippen LogP contribution in [-0.4, -0.2) is 11.9 Å². The van der Waals surface area contributed by atoms with Crippen LogP contribution in [0.5, 0.6) is 0 Å². The summed E-state index contributed by atoms with van der Waals surface area (Å²) in [6.45, 7) is 2.11. The third kappa shape index (κ3) is 2.50. The van der Waals surface area contributed by atoms with Gasteiger partial charge in [0.1, 0.15) is 0 Å². The van der Waals surface area contributed by atoms with Crippen LogP contribution < -0.4 is 4.90 Å². The van der Waals surface area contributed by atoms with Crippen molar-refractivity contribution in [1.29, 1.82) is 0 Å². The lowest BCUT2D eigenvalue weighted by Crippen LogP contribution is -2.36. The van der Waals surface area contributed by atoms with Gasteiger partial charge in [0, 0.05) is 16.2 Å². The van der Waals surface area contributed by atoms with E-state index in [1.165, 1.54) is 5.56 Å². The minimum Gasteiger partial charge on any atom is -0.309 e. The van der Waals surface area contributed by atoms with Crippen molar-refractivity contribution in [1.82, 2.24) is 0 Å². The van der Waals surface area contributed by atoms with Crippen molar-refractivity contribution in [2.45, 2.75) is 25.8 Å². The predicted octanol–water partition coefficient (Wildman–Crippen LogP) is 3.97. The summed E-state index contributed by atoms with van der Waals surface area (Å²) in [5, 5.41) is 0. The maximum absolute atomic E-state index is 12.6. The van der Waals surface area contributed by atoms with Gasteiger partial charge in [-0.3, -0.25) is 4.79 Å². The van der Waals surface area contributed by atoms with E-state index >= 15 is 0 Å². The fourth-order valence-corrected chi connectivity index (χ4v) is 3.30. The fraction of sp³-hybridized carbons (Fsp3) is 0.235. The second kappa shape index (κ2) is 5.41. The zero-order valence-electron chi connectivity index (χ0n) is 11.3. The van der Waals surface area contributed by atoms with E-state index in [9.17, 15) is 4.79 Å². The highest BCUT2D eigenvalue weighted by Crippen LogP contribution is 2.32. The second-order valence-corrected chi connectivity index (χ2v) is 6.17. The van der Waals surface area contributed by atoms with E-state index in [2.05, 4.69) is 28.9 Å². The summed E-state index contributed by atoms with van der Waals surface area (Å²) in [6.07, 6.45) is 1.39. The highest BCUT2D eigenvalue weighted by molar-refractivity contribution is 9.10. The molecule has 0 N–H and O–H groups in total.